The number of rotatable bonds is 6. The Morgan fingerprint density at radius 2 is 2.24 bits per heavy atom. The standard InChI is InChI=1S/C16H17N3O2/c20-16(19-10-13-2-1-6-17-9-13)14-5-7-18-15(8-14)21-11-12-3-4-12/h1-2,5-9,12H,3-4,10-11H2,(H,19,20). The molecular weight excluding hydrogens is 266 g/mol. The lowest BCUT2D eigenvalue weighted by atomic mass is 10.2. The number of ether oxygens (including phenoxy) is 1. The second-order valence-corrected chi connectivity index (χ2v) is 5.18. The van der Waals surface area contributed by atoms with Crippen molar-refractivity contribution in [3.8, 4) is 5.88 Å². The third-order valence-electron chi connectivity index (χ3n) is 3.34. The lowest BCUT2D eigenvalue weighted by Crippen LogP contribution is -2.23. The van der Waals surface area contributed by atoms with E-state index in [1.807, 2.05) is 12.1 Å². The average molecular weight is 283 g/mol. The molecule has 1 amide bonds. The number of nitrogens with zero attached hydrogens (tertiary/aromatic N) is 2. The van der Waals surface area contributed by atoms with Crippen molar-refractivity contribution < 1.29 is 9.53 Å². The summed E-state index contributed by atoms with van der Waals surface area (Å²) in [6.45, 7) is 1.14. The van der Waals surface area contributed by atoms with Gasteiger partial charge in [0.15, 0.2) is 0 Å². The minimum Gasteiger partial charge on any atom is -0.477 e. The molecule has 1 fully saturated rings. The zero-order chi connectivity index (χ0) is 14.5. The first-order chi connectivity index (χ1) is 10.3. The van der Waals surface area contributed by atoms with Gasteiger partial charge in [0.05, 0.1) is 6.61 Å². The first kappa shape index (κ1) is 13.5. The molecular formula is C16H17N3O2. The van der Waals surface area contributed by atoms with E-state index in [0.29, 0.717) is 30.5 Å². The van der Waals surface area contributed by atoms with Crippen LogP contribution >= 0.6 is 0 Å². The van der Waals surface area contributed by atoms with Gasteiger partial charge in [-0.2, -0.15) is 0 Å². The van der Waals surface area contributed by atoms with Crippen LogP contribution in [0.25, 0.3) is 0 Å². The highest BCUT2D eigenvalue weighted by Crippen LogP contribution is 2.29. The van der Waals surface area contributed by atoms with Gasteiger partial charge < -0.3 is 10.1 Å². The highest BCUT2D eigenvalue weighted by molar-refractivity contribution is 5.94. The zero-order valence-corrected chi connectivity index (χ0v) is 11.7. The van der Waals surface area contributed by atoms with E-state index in [-0.39, 0.29) is 5.91 Å². The molecule has 0 saturated heterocycles. The van der Waals surface area contributed by atoms with Gasteiger partial charge in [-0.3, -0.25) is 9.78 Å². The van der Waals surface area contributed by atoms with Crippen LogP contribution in [0.5, 0.6) is 5.88 Å². The van der Waals surface area contributed by atoms with Crippen LogP contribution in [0.2, 0.25) is 0 Å². The Balaban J connectivity index is 1.57. The van der Waals surface area contributed by atoms with E-state index in [4.69, 9.17) is 4.74 Å². The fraction of sp³-hybridized carbons (Fsp3) is 0.312. The monoisotopic (exact) mass is 283 g/mol. The lowest BCUT2D eigenvalue weighted by molar-refractivity contribution is 0.0950. The summed E-state index contributed by atoms with van der Waals surface area (Å²) in [5, 5.41) is 2.86. The maximum atomic E-state index is 12.1. The highest BCUT2D eigenvalue weighted by Gasteiger charge is 2.22. The van der Waals surface area contributed by atoms with Gasteiger partial charge >= 0.3 is 0 Å². The number of aromatic nitrogens is 2. The predicted molar refractivity (Wildman–Crippen MR) is 77.9 cm³/mol. The van der Waals surface area contributed by atoms with Crippen LogP contribution in [-0.4, -0.2) is 22.5 Å². The van der Waals surface area contributed by atoms with E-state index in [2.05, 4.69) is 15.3 Å². The van der Waals surface area contributed by atoms with Gasteiger partial charge in [-0.25, -0.2) is 4.98 Å². The maximum Gasteiger partial charge on any atom is 0.251 e. The number of hydrogen-bond donors (Lipinski definition) is 1. The van der Waals surface area contributed by atoms with E-state index in [1.165, 1.54) is 12.8 Å². The summed E-state index contributed by atoms with van der Waals surface area (Å²) in [5.41, 5.74) is 1.52. The summed E-state index contributed by atoms with van der Waals surface area (Å²) < 4.78 is 5.58. The molecule has 1 aliphatic carbocycles. The molecule has 5 nitrogen and oxygen atoms in total. The zero-order valence-electron chi connectivity index (χ0n) is 11.7. The number of carbonyl (C=O) groups is 1. The molecule has 0 aromatic carbocycles. The van der Waals surface area contributed by atoms with Crippen LogP contribution < -0.4 is 10.1 Å². The summed E-state index contributed by atoms with van der Waals surface area (Å²) in [7, 11) is 0. The minimum absolute atomic E-state index is 0.141. The smallest absolute Gasteiger partial charge is 0.251 e. The quantitative estimate of drug-likeness (QED) is 0.882. The van der Waals surface area contributed by atoms with E-state index in [0.717, 1.165) is 5.56 Å². The second-order valence-electron chi connectivity index (χ2n) is 5.18. The molecule has 1 aliphatic rings. The van der Waals surface area contributed by atoms with E-state index < -0.39 is 0 Å². The van der Waals surface area contributed by atoms with Gasteiger partial charge in [0.1, 0.15) is 0 Å². The molecule has 21 heavy (non-hydrogen) atoms. The lowest BCUT2D eigenvalue weighted by Gasteiger charge is -2.07. The van der Waals surface area contributed by atoms with Crippen molar-refractivity contribution in [1.82, 2.24) is 15.3 Å². The normalized spacial score (nSPS) is 13.7. The van der Waals surface area contributed by atoms with E-state index in [1.54, 1.807) is 30.7 Å². The molecule has 5 heteroatoms. The third kappa shape index (κ3) is 4.02. The average Bonchev–Trinajstić information content (AvgIpc) is 3.36. The van der Waals surface area contributed by atoms with Crippen molar-refractivity contribution in [2.45, 2.75) is 19.4 Å². The maximum absolute atomic E-state index is 12.1. The molecule has 2 heterocycles. The Hall–Kier alpha value is -2.43. The minimum atomic E-state index is -0.141. The predicted octanol–water partition coefficient (Wildman–Crippen LogP) is 2.20. The molecule has 2 aromatic heterocycles. The number of hydrogen-bond acceptors (Lipinski definition) is 4. The van der Waals surface area contributed by atoms with E-state index >= 15 is 0 Å². The molecule has 108 valence electrons. The summed E-state index contributed by atoms with van der Waals surface area (Å²) >= 11 is 0. The molecule has 2 aromatic rings. The fourth-order valence-corrected chi connectivity index (χ4v) is 1.90. The molecule has 0 radical (unpaired) electrons. The Bertz CT molecular complexity index is 612. The first-order valence-electron chi connectivity index (χ1n) is 7.07. The van der Waals surface area contributed by atoms with Gasteiger partial charge in [-0.15, -0.1) is 0 Å². The van der Waals surface area contributed by atoms with Crippen LogP contribution in [-0.2, 0) is 6.54 Å². The van der Waals surface area contributed by atoms with Crippen LogP contribution in [0.3, 0.4) is 0 Å². The van der Waals surface area contributed by atoms with Gasteiger partial charge in [0.25, 0.3) is 5.91 Å². The molecule has 0 aliphatic heterocycles. The second kappa shape index (κ2) is 6.35. The molecule has 1 N–H and O–H groups in total. The fourth-order valence-electron chi connectivity index (χ4n) is 1.90. The van der Waals surface area contributed by atoms with Crippen molar-refractivity contribution >= 4 is 5.91 Å². The van der Waals surface area contributed by atoms with Gasteiger partial charge in [0, 0.05) is 36.8 Å². The Morgan fingerprint density at radius 3 is 3.00 bits per heavy atom. The van der Waals surface area contributed by atoms with Crippen molar-refractivity contribution in [3.63, 3.8) is 0 Å². The van der Waals surface area contributed by atoms with E-state index in [9.17, 15) is 4.79 Å². The first-order valence-corrected chi connectivity index (χ1v) is 7.07. The van der Waals surface area contributed by atoms with Crippen LogP contribution in [0.15, 0.2) is 42.9 Å². The van der Waals surface area contributed by atoms with Crippen LogP contribution in [0.1, 0.15) is 28.8 Å². The topological polar surface area (TPSA) is 64.1 Å². The van der Waals surface area contributed by atoms with Gasteiger partial charge in [-0.1, -0.05) is 6.07 Å². The Morgan fingerprint density at radius 1 is 1.33 bits per heavy atom. The SMILES string of the molecule is O=C(NCc1cccnc1)c1ccnc(OCC2CC2)c1. The van der Waals surface area contributed by atoms with Crippen molar-refractivity contribution in [2.24, 2.45) is 5.92 Å². The highest BCUT2D eigenvalue weighted by atomic mass is 16.5. The molecule has 3 rings (SSSR count). The van der Waals surface area contributed by atoms with Gasteiger partial charge in [-0.05, 0) is 36.5 Å². The Kier molecular flexibility index (Phi) is 4.09. The number of pyridine rings is 2. The molecule has 0 bridgehead atoms. The van der Waals surface area contributed by atoms with Crippen molar-refractivity contribution in [3.05, 3.63) is 54.0 Å². The largest absolute Gasteiger partial charge is 0.477 e. The van der Waals surface area contributed by atoms with Crippen LogP contribution in [0, 0.1) is 5.92 Å². The van der Waals surface area contributed by atoms with Gasteiger partial charge in [0.2, 0.25) is 5.88 Å². The summed E-state index contributed by atoms with van der Waals surface area (Å²) in [6, 6.07) is 7.13. The number of amides is 1. The molecule has 0 unspecified atom stereocenters. The molecule has 0 atom stereocenters. The number of carbonyl (C=O) groups excluding carboxylic acids is 1. The van der Waals surface area contributed by atoms with Crippen molar-refractivity contribution in [1.29, 1.82) is 0 Å². The molecule has 1 saturated carbocycles. The summed E-state index contributed by atoms with van der Waals surface area (Å²) in [4.78, 5) is 20.2. The molecule has 0 spiro atoms. The number of nitrogens with one attached hydrogen (secondary N) is 1. The van der Waals surface area contributed by atoms with Crippen LogP contribution in [0.4, 0.5) is 0 Å². The summed E-state index contributed by atoms with van der Waals surface area (Å²) in [5.74, 6) is 1.03. The van der Waals surface area contributed by atoms with Crippen molar-refractivity contribution in [2.75, 3.05) is 6.61 Å². The summed E-state index contributed by atoms with van der Waals surface area (Å²) in [6.07, 6.45) is 7.49. The Labute approximate surface area is 123 Å². The third-order valence-corrected chi connectivity index (χ3v) is 3.34.